The summed E-state index contributed by atoms with van der Waals surface area (Å²) in [7, 11) is 1.29. The first-order valence-corrected chi connectivity index (χ1v) is 7.34. The van der Waals surface area contributed by atoms with Crippen LogP contribution in [0.25, 0.3) is 5.57 Å². The molecule has 1 aliphatic heterocycles. The van der Waals surface area contributed by atoms with Crippen molar-refractivity contribution in [3.05, 3.63) is 65.4 Å². The number of hydrogen-bond acceptors (Lipinski definition) is 5. The minimum absolute atomic E-state index is 0.178. The van der Waals surface area contributed by atoms with E-state index in [4.69, 9.17) is 5.11 Å². The smallest absolute Gasteiger partial charge is 0.337 e. The van der Waals surface area contributed by atoms with Crippen LogP contribution in [0.5, 0.6) is 0 Å². The Labute approximate surface area is 142 Å². The molecule has 25 heavy (non-hydrogen) atoms. The lowest BCUT2D eigenvalue weighted by Gasteiger charge is -2.04. The number of amides is 1. The van der Waals surface area contributed by atoms with E-state index in [1.165, 1.54) is 25.4 Å². The molecule has 0 saturated carbocycles. The van der Waals surface area contributed by atoms with Crippen molar-refractivity contribution in [3.63, 3.8) is 0 Å². The van der Waals surface area contributed by atoms with Crippen molar-refractivity contribution < 1.29 is 24.2 Å². The molecule has 3 N–H and O–H groups in total. The van der Waals surface area contributed by atoms with E-state index in [2.05, 4.69) is 15.4 Å². The van der Waals surface area contributed by atoms with Gasteiger partial charge in [-0.15, -0.1) is 0 Å². The molecule has 0 radical (unpaired) electrons. The number of fused-ring (bicyclic) bond motifs is 1. The molecule has 1 aliphatic rings. The third-order valence-corrected chi connectivity index (χ3v) is 3.74. The fourth-order valence-corrected chi connectivity index (χ4v) is 2.45. The van der Waals surface area contributed by atoms with Crippen molar-refractivity contribution in [1.82, 2.24) is 0 Å². The van der Waals surface area contributed by atoms with Gasteiger partial charge < -0.3 is 20.5 Å². The third kappa shape index (κ3) is 3.20. The number of carbonyl (C=O) groups excluding carboxylic acids is 2. The Morgan fingerprint density at radius 1 is 1.12 bits per heavy atom. The summed E-state index contributed by atoms with van der Waals surface area (Å²) in [6, 6.07) is 11.0. The number of carboxylic acids is 1. The van der Waals surface area contributed by atoms with Gasteiger partial charge in [-0.3, -0.25) is 4.79 Å². The number of ether oxygens (including phenoxy) is 1. The molecule has 7 heteroatoms. The quantitative estimate of drug-likeness (QED) is 0.584. The third-order valence-electron chi connectivity index (χ3n) is 3.74. The first-order chi connectivity index (χ1) is 12.0. The van der Waals surface area contributed by atoms with E-state index < -0.39 is 11.9 Å². The lowest BCUT2D eigenvalue weighted by molar-refractivity contribution is -0.110. The Morgan fingerprint density at radius 2 is 1.80 bits per heavy atom. The lowest BCUT2D eigenvalue weighted by Crippen LogP contribution is -2.05. The molecule has 0 aliphatic carbocycles. The molecule has 0 unspecified atom stereocenters. The summed E-state index contributed by atoms with van der Waals surface area (Å²) in [5.41, 5.74) is 2.77. The van der Waals surface area contributed by atoms with Gasteiger partial charge in [-0.2, -0.15) is 0 Å². The summed E-state index contributed by atoms with van der Waals surface area (Å²) in [5, 5.41) is 14.5. The molecule has 0 saturated heterocycles. The Hall–Kier alpha value is -3.61. The number of carbonyl (C=O) groups is 3. The Balaban J connectivity index is 1.84. The zero-order chi connectivity index (χ0) is 18.0. The monoisotopic (exact) mass is 338 g/mol. The first-order valence-electron chi connectivity index (χ1n) is 7.34. The van der Waals surface area contributed by atoms with Gasteiger partial charge in [0.15, 0.2) is 0 Å². The summed E-state index contributed by atoms with van der Waals surface area (Å²) < 4.78 is 4.66. The molecule has 7 nitrogen and oxygen atoms in total. The van der Waals surface area contributed by atoms with Crippen LogP contribution in [0.1, 0.15) is 26.3 Å². The summed E-state index contributed by atoms with van der Waals surface area (Å²) in [4.78, 5) is 34.5. The van der Waals surface area contributed by atoms with Crippen molar-refractivity contribution in [3.8, 4) is 0 Å². The van der Waals surface area contributed by atoms with Gasteiger partial charge in [0.2, 0.25) is 0 Å². The number of rotatable bonds is 4. The molecule has 2 aromatic carbocycles. The minimum atomic E-state index is -1.00. The number of benzene rings is 2. The number of anilines is 2. The van der Waals surface area contributed by atoms with Crippen LogP contribution in [-0.2, 0) is 9.53 Å². The van der Waals surface area contributed by atoms with Crippen molar-refractivity contribution in [2.75, 3.05) is 17.7 Å². The highest BCUT2D eigenvalue weighted by molar-refractivity contribution is 6.31. The Bertz CT molecular complexity index is 900. The molecule has 0 bridgehead atoms. The van der Waals surface area contributed by atoms with E-state index in [1.807, 2.05) is 0 Å². The van der Waals surface area contributed by atoms with Crippen molar-refractivity contribution >= 4 is 34.8 Å². The largest absolute Gasteiger partial charge is 0.478 e. The summed E-state index contributed by atoms with van der Waals surface area (Å²) in [6.07, 6.45) is 1.54. The van der Waals surface area contributed by atoms with E-state index in [1.54, 1.807) is 30.3 Å². The van der Waals surface area contributed by atoms with Crippen LogP contribution in [-0.4, -0.2) is 30.1 Å². The number of nitrogens with one attached hydrogen (secondary N) is 2. The van der Waals surface area contributed by atoms with Gasteiger partial charge in [-0.05, 0) is 36.4 Å². The molecule has 126 valence electrons. The molecule has 0 fully saturated rings. The number of hydrogen-bond donors (Lipinski definition) is 3. The van der Waals surface area contributed by atoms with Gasteiger partial charge in [0, 0.05) is 23.1 Å². The number of carboxylic acid groups (broad SMARTS) is 1. The second kappa shape index (κ2) is 6.48. The van der Waals surface area contributed by atoms with Crippen molar-refractivity contribution in [1.29, 1.82) is 0 Å². The van der Waals surface area contributed by atoms with Crippen LogP contribution in [0.4, 0.5) is 11.4 Å². The molecular weight excluding hydrogens is 324 g/mol. The van der Waals surface area contributed by atoms with Crippen molar-refractivity contribution in [2.24, 2.45) is 0 Å². The van der Waals surface area contributed by atoms with Gasteiger partial charge in [0.05, 0.1) is 23.8 Å². The standard InChI is InChI=1S/C18H14N2O5/c1-25-18(24)11-4-7-13-14(16(21)20-15(13)8-11)9-19-12-5-2-10(3-6-12)17(22)23/h2-9,19H,1H3,(H,20,21)(H,22,23). The predicted octanol–water partition coefficient (Wildman–Crippen LogP) is 2.58. The van der Waals surface area contributed by atoms with Crippen LogP contribution < -0.4 is 10.6 Å². The highest BCUT2D eigenvalue weighted by Crippen LogP contribution is 2.32. The van der Waals surface area contributed by atoms with E-state index >= 15 is 0 Å². The fourth-order valence-electron chi connectivity index (χ4n) is 2.45. The second-order valence-electron chi connectivity index (χ2n) is 5.29. The average Bonchev–Trinajstić information content (AvgIpc) is 2.93. The van der Waals surface area contributed by atoms with Gasteiger partial charge in [-0.25, -0.2) is 9.59 Å². The predicted molar refractivity (Wildman–Crippen MR) is 91.4 cm³/mol. The van der Waals surface area contributed by atoms with Gasteiger partial charge in [0.25, 0.3) is 5.91 Å². The van der Waals surface area contributed by atoms with Crippen LogP contribution in [0.15, 0.2) is 48.7 Å². The lowest BCUT2D eigenvalue weighted by atomic mass is 10.1. The van der Waals surface area contributed by atoms with E-state index in [0.29, 0.717) is 28.1 Å². The van der Waals surface area contributed by atoms with Crippen LogP contribution in [0.2, 0.25) is 0 Å². The highest BCUT2D eigenvalue weighted by atomic mass is 16.5. The molecular formula is C18H14N2O5. The first kappa shape index (κ1) is 16.3. The molecule has 2 aromatic rings. The number of methoxy groups -OCH3 is 1. The van der Waals surface area contributed by atoms with E-state index in [9.17, 15) is 14.4 Å². The van der Waals surface area contributed by atoms with Crippen molar-refractivity contribution in [2.45, 2.75) is 0 Å². The van der Waals surface area contributed by atoms with Gasteiger partial charge >= 0.3 is 11.9 Å². The number of aromatic carboxylic acids is 1. The minimum Gasteiger partial charge on any atom is -0.478 e. The van der Waals surface area contributed by atoms with Crippen LogP contribution in [0, 0.1) is 0 Å². The fraction of sp³-hybridized carbons (Fsp3) is 0.0556. The average molecular weight is 338 g/mol. The number of esters is 1. The Kier molecular flexibility index (Phi) is 4.21. The SMILES string of the molecule is COC(=O)c1ccc2c(c1)NC(=O)C2=CNc1ccc(C(=O)O)cc1. The zero-order valence-electron chi connectivity index (χ0n) is 13.2. The summed E-state index contributed by atoms with van der Waals surface area (Å²) in [5.74, 6) is -1.78. The molecule has 0 atom stereocenters. The normalized spacial score (nSPS) is 14.0. The molecule has 0 aromatic heterocycles. The van der Waals surface area contributed by atoms with Gasteiger partial charge in [0.1, 0.15) is 0 Å². The molecule has 0 spiro atoms. The summed E-state index contributed by atoms with van der Waals surface area (Å²) in [6.45, 7) is 0. The van der Waals surface area contributed by atoms with Crippen LogP contribution >= 0.6 is 0 Å². The summed E-state index contributed by atoms with van der Waals surface area (Å²) >= 11 is 0. The maximum Gasteiger partial charge on any atom is 0.337 e. The van der Waals surface area contributed by atoms with Crippen LogP contribution in [0.3, 0.4) is 0 Å². The second-order valence-corrected chi connectivity index (χ2v) is 5.29. The van der Waals surface area contributed by atoms with Gasteiger partial charge in [-0.1, -0.05) is 6.07 Å². The maximum absolute atomic E-state index is 12.1. The zero-order valence-corrected chi connectivity index (χ0v) is 13.2. The highest BCUT2D eigenvalue weighted by Gasteiger charge is 2.25. The topological polar surface area (TPSA) is 105 Å². The Morgan fingerprint density at radius 3 is 2.44 bits per heavy atom. The molecule has 1 amide bonds. The maximum atomic E-state index is 12.1. The van der Waals surface area contributed by atoms with E-state index in [-0.39, 0.29) is 11.5 Å². The van der Waals surface area contributed by atoms with E-state index in [0.717, 1.165) is 0 Å². The molecule has 1 heterocycles. The molecule has 3 rings (SSSR count).